The molecule has 5 heteroatoms. The van der Waals surface area contributed by atoms with Gasteiger partial charge in [0, 0.05) is 11.6 Å². The summed E-state index contributed by atoms with van der Waals surface area (Å²) in [5.74, 6) is -1.23. The molecule has 1 aliphatic rings. The van der Waals surface area contributed by atoms with Gasteiger partial charge in [0.1, 0.15) is 11.6 Å². The van der Waals surface area contributed by atoms with E-state index in [1.165, 1.54) is 12.1 Å². The molecule has 1 aromatic carbocycles. The van der Waals surface area contributed by atoms with E-state index in [4.69, 9.17) is 15.2 Å². The highest BCUT2D eigenvalue weighted by atomic mass is 19.1. The van der Waals surface area contributed by atoms with Gasteiger partial charge >= 0.3 is 0 Å². The van der Waals surface area contributed by atoms with E-state index in [9.17, 15) is 8.78 Å². The molecule has 0 aliphatic carbocycles. The zero-order valence-corrected chi connectivity index (χ0v) is 11.8. The molecule has 112 valence electrons. The van der Waals surface area contributed by atoms with Crippen molar-refractivity contribution >= 4 is 0 Å². The maximum atomic E-state index is 13.6. The molecule has 0 aromatic heterocycles. The summed E-state index contributed by atoms with van der Waals surface area (Å²) in [5.41, 5.74) is 6.19. The van der Waals surface area contributed by atoms with Gasteiger partial charge in [-0.2, -0.15) is 0 Å². The first-order chi connectivity index (χ1) is 9.45. The van der Waals surface area contributed by atoms with Crippen LogP contribution in [0.5, 0.6) is 0 Å². The highest BCUT2D eigenvalue weighted by Gasteiger charge is 2.25. The molecule has 3 unspecified atom stereocenters. The topological polar surface area (TPSA) is 44.5 Å². The Hall–Kier alpha value is -1.04. The minimum Gasteiger partial charge on any atom is -0.376 e. The molecule has 0 amide bonds. The summed E-state index contributed by atoms with van der Waals surface area (Å²) >= 11 is 0. The Labute approximate surface area is 118 Å². The average molecular weight is 285 g/mol. The van der Waals surface area contributed by atoms with Crippen LogP contribution in [-0.4, -0.2) is 24.9 Å². The van der Waals surface area contributed by atoms with Crippen molar-refractivity contribution in [3.8, 4) is 0 Å². The molecule has 1 aromatic rings. The summed E-state index contributed by atoms with van der Waals surface area (Å²) in [4.78, 5) is 0. The first-order valence-electron chi connectivity index (χ1n) is 6.93. The molecule has 0 saturated carbocycles. The normalized spacial score (nSPS) is 28.4. The van der Waals surface area contributed by atoms with Crippen molar-refractivity contribution in [2.75, 3.05) is 6.61 Å². The molecule has 1 aliphatic heterocycles. The van der Waals surface area contributed by atoms with Gasteiger partial charge in [-0.05, 0) is 32.8 Å². The van der Waals surface area contributed by atoms with Gasteiger partial charge in [0.2, 0.25) is 0 Å². The van der Waals surface area contributed by atoms with Crippen LogP contribution in [-0.2, 0) is 9.47 Å². The summed E-state index contributed by atoms with van der Waals surface area (Å²) < 4.78 is 37.8. The van der Waals surface area contributed by atoms with Crippen molar-refractivity contribution < 1.29 is 18.3 Å². The molecule has 1 saturated heterocycles. The van der Waals surface area contributed by atoms with E-state index in [-0.39, 0.29) is 30.5 Å². The van der Waals surface area contributed by atoms with Crippen molar-refractivity contribution in [3.63, 3.8) is 0 Å². The molecule has 1 heterocycles. The summed E-state index contributed by atoms with van der Waals surface area (Å²) in [6, 6.07) is 2.82. The summed E-state index contributed by atoms with van der Waals surface area (Å²) in [6.45, 7) is 4.23. The van der Waals surface area contributed by atoms with Crippen LogP contribution in [0.4, 0.5) is 8.78 Å². The van der Waals surface area contributed by atoms with Crippen molar-refractivity contribution in [1.82, 2.24) is 0 Å². The maximum absolute atomic E-state index is 13.6. The third-order valence-electron chi connectivity index (χ3n) is 3.53. The lowest BCUT2D eigenvalue weighted by molar-refractivity contribution is -0.103. The standard InChI is InChI=1S/C15H21F2NO2/c1-9-5-12(6-10(2)20-9)19-8-15(18)13-4-3-11(16)7-14(13)17/h3-4,7,9-10,12,15H,5-6,8,18H2,1-2H3. The van der Waals surface area contributed by atoms with Crippen LogP contribution in [0.2, 0.25) is 0 Å². The van der Waals surface area contributed by atoms with Crippen LogP contribution >= 0.6 is 0 Å². The van der Waals surface area contributed by atoms with Crippen LogP contribution in [0.15, 0.2) is 18.2 Å². The second-order valence-corrected chi connectivity index (χ2v) is 5.46. The van der Waals surface area contributed by atoms with Crippen LogP contribution < -0.4 is 5.73 Å². The Kier molecular flexibility index (Phi) is 5.07. The number of hydrogen-bond donors (Lipinski definition) is 1. The number of halogens is 2. The Bertz CT molecular complexity index is 445. The Morgan fingerprint density at radius 3 is 2.55 bits per heavy atom. The Morgan fingerprint density at radius 2 is 1.95 bits per heavy atom. The van der Waals surface area contributed by atoms with Crippen LogP contribution in [0.25, 0.3) is 0 Å². The highest BCUT2D eigenvalue weighted by molar-refractivity contribution is 5.21. The fourth-order valence-corrected chi connectivity index (χ4v) is 2.61. The van der Waals surface area contributed by atoms with E-state index in [1.54, 1.807) is 0 Å². The van der Waals surface area contributed by atoms with E-state index in [1.807, 2.05) is 13.8 Å². The monoisotopic (exact) mass is 285 g/mol. The van der Waals surface area contributed by atoms with Gasteiger partial charge in [-0.1, -0.05) is 6.07 Å². The third-order valence-corrected chi connectivity index (χ3v) is 3.53. The molecule has 3 nitrogen and oxygen atoms in total. The quantitative estimate of drug-likeness (QED) is 0.925. The molecular weight excluding hydrogens is 264 g/mol. The molecule has 1 fully saturated rings. The largest absolute Gasteiger partial charge is 0.376 e. The summed E-state index contributed by atoms with van der Waals surface area (Å²) in [5, 5.41) is 0. The molecule has 0 radical (unpaired) electrons. The molecule has 2 rings (SSSR count). The number of rotatable bonds is 4. The molecule has 2 N–H and O–H groups in total. The molecule has 20 heavy (non-hydrogen) atoms. The van der Waals surface area contributed by atoms with E-state index in [0.717, 1.165) is 18.9 Å². The lowest BCUT2D eigenvalue weighted by Crippen LogP contribution is -2.35. The smallest absolute Gasteiger partial charge is 0.130 e. The SMILES string of the molecule is CC1CC(OCC(N)c2ccc(F)cc2F)CC(C)O1. The van der Waals surface area contributed by atoms with Crippen LogP contribution in [0.1, 0.15) is 38.3 Å². The number of ether oxygens (including phenoxy) is 2. The van der Waals surface area contributed by atoms with E-state index < -0.39 is 17.7 Å². The van der Waals surface area contributed by atoms with Crippen molar-refractivity contribution in [2.45, 2.75) is 51.0 Å². The first kappa shape index (κ1) is 15.4. The minimum atomic E-state index is -0.630. The maximum Gasteiger partial charge on any atom is 0.130 e. The Morgan fingerprint density at radius 1 is 1.30 bits per heavy atom. The lowest BCUT2D eigenvalue weighted by atomic mass is 10.0. The summed E-state index contributed by atoms with van der Waals surface area (Å²) in [7, 11) is 0. The van der Waals surface area contributed by atoms with E-state index >= 15 is 0 Å². The number of benzene rings is 1. The Balaban J connectivity index is 1.90. The fourth-order valence-electron chi connectivity index (χ4n) is 2.61. The van der Waals surface area contributed by atoms with Crippen LogP contribution in [0.3, 0.4) is 0 Å². The van der Waals surface area contributed by atoms with Gasteiger partial charge in [0.05, 0.1) is 31.0 Å². The van der Waals surface area contributed by atoms with E-state index in [0.29, 0.717) is 0 Å². The lowest BCUT2D eigenvalue weighted by Gasteiger charge is -2.32. The summed E-state index contributed by atoms with van der Waals surface area (Å²) in [6.07, 6.45) is 2.00. The molecule has 3 atom stereocenters. The van der Waals surface area contributed by atoms with Gasteiger partial charge in [-0.25, -0.2) is 8.78 Å². The number of hydrogen-bond acceptors (Lipinski definition) is 3. The van der Waals surface area contributed by atoms with Crippen molar-refractivity contribution in [2.24, 2.45) is 5.73 Å². The molecular formula is C15H21F2NO2. The van der Waals surface area contributed by atoms with Gasteiger partial charge < -0.3 is 15.2 Å². The molecule has 0 spiro atoms. The zero-order valence-electron chi connectivity index (χ0n) is 11.8. The number of nitrogens with two attached hydrogens (primary N) is 1. The van der Waals surface area contributed by atoms with Gasteiger partial charge in [0.25, 0.3) is 0 Å². The molecule has 0 bridgehead atoms. The van der Waals surface area contributed by atoms with Crippen molar-refractivity contribution in [1.29, 1.82) is 0 Å². The predicted molar refractivity (Wildman–Crippen MR) is 72.3 cm³/mol. The van der Waals surface area contributed by atoms with Gasteiger partial charge in [0.15, 0.2) is 0 Å². The highest BCUT2D eigenvalue weighted by Crippen LogP contribution is 2.23. The minimum absolute atomic E-state index is 0.0725. The van der Waals surface area contributed by atoms with Crippen molar-refractivity contribution in [3.05, 3.63) is 35.4 Å². The fraction of sp³-hybridized carbons (Fsp3) is 0.600. The second-order valence-electron chi connectivity index (χ2n) is 5.46. The van der Waals surface area contributed by atoms with Gasteiger partial charge in [-0.15, -0.1) is 0 Å². The average Bonchev–Trinajstić information content (AvgIpc) is 2.35. The first-order valence-corrected chi connectivity index (χ1v) is 6.93. The third kappa shape index (κ3) is 3.98. The van der Waals surface area contributed by atoms with E-state index in [2.05, 4.69) is 0 Å². The van der Waals surface area contributed by atoms with Gasteiger partial charge in [-0.3, -0.25) is 0 Å². The zero-order chi connectivity index (χ0) is 14.7. The predicted octanol–water partition coefficient (Wildman–Crippen LogP) is 2.94. The van der Waals surface area contributed by atoms with Crippen LogP contribution in [0, 0.1) is 11.6 Å². The second kappa shape index (κ2) is 6.61.